The Labute approximate surface area is 111 Å². The summed E-state index contributed by atoms with van der Waals surface area (Å²) in [5.74, 6) is 0.0363. The highest BCUT2D eigenvalue weighted by molar-refractivity contribution is 7.09. The number of rotatable bonds is 3. The molecule has 18 heavy (non-hydrogen) atoms. The molecule has 1 fully saturated rings. The number of ether oxygens (including phenoxy) is 1. The molecule has 0 saturated carbocycles. The largest absolute Gasteiger partial charge is 0.378 e. The van der Waals surface area contributed by atoms with E-state index in [-0.39, 0.29) is 11.9 Å². The standard InChI is InChI=1S/C12H19N3O2S/c1-9-6-14(2)4-5-15(9)12(16)10-8-18-11(13-10)7-17-3/h8-9H,4-7H2,1-3H3/t9-/m1/s1. The van der Waals surface area contributed by atoms with Crippen LogP contribution in [-0.2, 0) is 11.3 Å². The highest BCUT2D eigenvalue weighted by atomic mass is 32.1. The molecular formula is C12H19N3O2S. The number of thiazole rings is 1. The van der Waals surface area contributed by atoms with Crippen molar-refractivity contribution in [2.45, 2.75) is 19.6 Å². The van der Waals surface area contributed by atoms with Crippen molar-refractivity contribution >= 4 is 17.2 Å². The lowest BCUT2D eigenvalue weighted by atomic mass is 10.2. The Balaban J connectivity index is 2.05. The number of likely N-dealkylation sites (N-methyl/N-ethyl adjacent to an activating group) is 1. The molecule has 2 heterocycles. The van der Waals surface area contributed by atoms with Crippen molar-refractivity contribution < 1.29 is 9.53 Å². The molecule has 0 spiro atoms. The minimum absolute atomic E-state index is 0.0363. The normalized spacial score (nSPS) is 21.3. The summed E-state index contributed by atoms with van der Waals surface area (Å²) in [5.41, 5.74) is 0.545. The summed E-state index contributed by atoms with van der Waals surface area (Å²) in [5, 5.41) is 2.67. The van der Waals surface area contributed by atoms with Gasteiger partial charge in [-0.2, -0.15) is 0 Å². The monoisotopic (exact) mass is 269 g/mol. The summed E-state index contributed by atoms with van der Waals surface area (Å²) in [6.45, 7) is 5.16. The van der Waals surface area contributed by atoms with Crippen LogP contribution in [0.25, 0.3) is 0 Å². The fourth-order valence-electron chi connectivity index (χ4n) is 2.19. The summed E-state index contributed by atoms with van der Waals surface area (Å²) in [7, 11) is 3.71. The average molecular weight is 269 g/mol. The number of carbonyl (C=O) groups is 1. The zero-order valence-corrected chi connectivity index (χ0v) is 11.9. The highest BCUT2D eigenvalue weighted by Crippen LogP contribution is 2.16. The van der Waals surface area contributed by atoms with Crippen molar-refractivity contribution in [1.82, 2.24) is 14.8 Å². The number of nitrogens with zero attached hydrogens (tertiary/aromatic N) is 3. The Bertz CT molecular complexity index is 421. The zero-order chi connectivity index (χ0) is 13.1. The Morgan fingerprint density at radius 3 is 3.06 bits per heavy atom. The van der Waals surface area contributed by atoms with Crippen LogP contribution < -0.4 is 0 Å². The van der Waals surface area contributed by atoms with Crippen molar-refractivity contribution in [3.05, 3.63) is 16.1 Å². The van der Waals surface area contributed by atoms with Gasteiger partial charge >= 0.3 is 0 Å². The van der Waals surface area contributed by atoms with Crippen LogP contribution in [0.1, 0.15) is 22.4 Å². The third-order valence-corrected chi connectivity index (χ3v) is 3.95. The van der Waals surface area contributed by atoms with Gasteiger partial charge in [0, 0.05) is 38.2 Å². The van der Waals surface area contributed by atoms with Gasteiger partial charge in [0.15, 0.2) is 0 Å². The summed E-state index contributed by atoms with van der Waals surface area (Å²) in [6, 6.07) is 0.240. The Kier molecular flexibility index (Phi) is 4.31. The molecule has 0 aromatic carbocycles. The van der Waals surface area contributed by atoms with Gasteiger partial charge in [-0.05, 0) is 14.0 Å². The molecule has 0 radical (unpaired) electrons. The van der Waals surface area contributed by atoms with Gasteiger partial charge < -0.3 is 14.5 Å². The van der Waals surface area contributed by atoms with Gasteiger partial charge in [-0.1, -0.05) is 0 Å². The van der Waals surface area contributed by atoms with Crippen LogP contribution in [-0.4, -0.2) is 60.5 Å². The molecule has 0 N–H and O–H groups in total. The summed E-state index contributed by atoms with van der Waals surface area (Å²) in [6.07, 6.45) is 0. The molecule has 1 saturated heterocycles. The molecule has 0 aliphatic carbocycles. The van der Waals surface area contributed by atoms with Crippen molar-refractivity contribution in [2.24, 2.45) is 0 Å². The lowest BCUT2D eigenvalue weighted by Crippen LogP contribution is -2.52. The van der Waals surface area contributed by atoms with E-state index in [1.165, 1.54) is 11.3 Å². The van der Waals surface area contributed by atoms with Gasteiger partial charge in [0.2, 0.25) is 0 Å². The van der Waals surface area contributed by atoms with Crippen molar-refractivity contribution in [1.29, 1.82) is 0 Å². The molecule has 1 aromatic rings. The first-order valence-corrected chi connectivity index (χ1v) is 6.92. The van der Waals surface area contributed by atoms with E-state index in [4.69, 9.17) is 4.74 Å². The molecule has 5 nitrogen and oxygen atoms in total. The molecule has 100 valence electrons. The smallest absolute Gasteiger partial charge is 0.273 e. The second-order valence-corrected chi connectivity index (χ2v) is 5.61. The van der Waals surface area contributed by atoms with Gasteiger partial charge in [-0.3, -0.25) is 4.79 Å². The van der Waals surface area contributed by atoms with Gasteiger partial charge in [0.05, 0.1) is 6.61 Å². The summed E-state index contributed by atoms with van der Waals surface area (Å²) < 4.78 is 5.02. The van der Waals surface area contributed by atoms with Crippen LogP contribution >= 0.6 is 11.3 Å². The molecule has 6 heteroatoms. The number of hydrogen-bond donors (Lipinski definition) is 0. The average Bonchev–Trinajstić information content (AvgIpc) is 2.77. The van der Waals surface area contributed by atoms with Crippen LogP contribution in [0.3, 0.4) is 0 Å². The molecule has 2 rings (SSSR count). The third-order valence-electron chi connectivity index (χ3n) is 3.13. The van der Waals surface area contributed by atoms with Gasteiger partial charge in [-0.25, -0.2) is 4.98 Å². The van der Waals surface area contributed by atoms with Crippen LogP contribution in [0.5, 0.6) is 0 Å². The van der Waals surface area contributed by atoms with Crippen molar-refractivity contribution in [3.8, 4) is 0 Å². The highest BCUT2D eigenvalue weighted by Gasteiger charge is 2.27. The summed E-state index contributed by atoms with van der Waals surface area (Å²) in [4.78, 5) is 20.8. The van der Waals surface area contributed by atoms with Crippen molar-refractivity contribution in [3.63, 3.8) is 0 Å². The van der Waals surface area contributed by atoms with Crippen molar-refractivity contribution in [2.75, 3.05) is 33.8 Å². The van der Waals surface area contributed by atoms with E-state index < -0.39 is 0 Å². The maximum atomic E-state index is 12.3. The van der Waals surface area contributed by atoms with E-state index in [1.807, 2.05) is 10.3 Å². The molecule has 1 aliphatic heterocycles. The first kappa shape index (κ1) is 13.5. The molecule has 1 amide bonds. The van der Waals surface area contributed by atoms with Crippen LogP contribution in [0, 0.1) is 0 Å². The number of hydrogen-bond acceptors (Lipinski definition) is 5. The minimum atomic E-state index is 0.0363. The predicted octanol–water partition coefficient (Wildman–Crippen LogP) is 1.07. The minimum Gasteiger partial charge on any atom is -0.378 e. The molecule has 1 aliphatic rings. The van der Waals surface area contributed by atoms with E-state index >= 15 is 0 Å². The lowest BCUT2D eigenvalue weighted by Gasteiger charge is -2.37. The maximum Gasteiger partial charge on any atom is 0.273 e. The van der Waals surface area contributed by atoms with Crippen LogP contribution in [0.4, 0.5) is 0 Å². The van der Waals surface area contributed by atoms with Gasteiger partial charge in [0.25, 0.3) is 5.91 Å². The molecule has 1 atom stereocenters. The van der Waals surface area contributed by atoms with E-state index in [0.717, 1.165) is 24.6 Å². The first-order valence-electron chi connectivity index (χ1n) is 6.04. The number of amides is 1. The van der Waals surface area contributed by atoms with Gasteiger partial charge in [0.1, 0.15) is 10.7 Å². The topological polar surface area (TPSA) is 45.7 Å². The lowest BCUT2D eigenvalue weighted by molar-refractivity contribution is 0.0528. The van der Waals surface area contributed by atoms with E-state index in [0.29, 0.717) is 12.3 Å². The zero-order valence-electron chi connectivity index (χ0n) is 11.0. The second kappa shape index (κ2) is 5.77. The summed E-state index contributed by atoms with van der Waals surface area (Å²) >= 11 is 1.47. The molecular weight excluding hydrogens is 250 g/mol. The number of carbonyl (C=O) groups excluding carboxylic acids is 1. The Morgan fingerprint density at radius 2 is 2.39 bits per heavy atom. The van der Waals surface area contributed by atoms with Crippen LogP contribution in [0.15, 0.2) is 5.38 Å². The Morgan fingerprint density at radius 1 is 1.61 bits per heavy atom. The first-order chi connectivity index (χ1) is 8.61. The SMILES string of the molecule is COCc1nc(C(=O)N2CCN(C)C[C@H]2C)cs1. The van der Waals surface area contributed by atoms with Gasteiger partial charge in [-0.15, -0.1) is 11.3 Å². The van der Waals surface area contributed by atoms with E-state index in [9.17, 15) is 4.79 Å². The molecule has 0 bridgehead atoms. The van der Waals surface area contributed by atoms with E-state index in [1.54, 1.807) is 7.11 Å². The second-order valence-electron chi connectivity index (χ2n) is 4.67. The number of piperazine rings is 1. The predicted molar refractivity (Wildman–Crippen MR) is 70.8 cm³/mol. The maximum absolute atomic E-state index is 12.3. The van der Waals surface area contributed by atoms with Crippen LogP contribution in [0.2, 0.25) is 0 Å². The Hall–Kier alpha value is -0.980. The third kappa shape index (κ3) is 2.88. The molecule has 0 unspecified atom stereocenters. The fraction of sp³-hybridized carbons (Fsp3) is 0.667. The van der Waals surface area contributed by atoms with E-state index in [2.05, 4.69) is 23.9 Å². The molecule has 1 aromatic heterocycles. The number of methoxy groups -OCH3 is 1. The quantitative estimate of drug-likeness (QED) is 0.823. The fourth-order valence-corrected chi connectivity index (χ4v) is 2.93. The number of aromatic nitrogens is 1.